The molecular weight excluding hydrogens is 592 g/mol. The largest absolute Gasteiger partial charge is 0.388 e. The van der Waals surface area contributed by atoms with E-state index in [-0.39, 0.29) is 11.9 Å². The van der Waals surface area contributed by atoms with Gasteiger partial charge in [-0.25, -0.2) is 14.6 Å². The van der Waals surface area contributed by atoms with Crippen LogP contribution in [-0.4, -0.2) is 66.9 Å². The third-order valence-electron chi connectivity index (χ3n) is 9.18. The van der Waals surface area contributed by atoms with Gasteiger partial charge in [0.25, 0.3) is 5.91 Å². The summed E-state index contributed by atoms with van der Waals surface area (Å²) in [6.45, 7) is 2.75. The summed E-state index contributed by atoms with van der Waals surface area (Å²) in [6, 6.07) is 26.1. The van der Waals surface area contributed by atoms with E-state index in [0.717, 1.165) is 38.8 Å². The number of nitrogens with zero attached hydrogens (tertiary/aromatic N) is 8. The molecule has 5 heterocycles. The van der Waals surface area contributed by atoms with Crippen LogP contribution >= 0.6 is 0 Å². The fraction of sp³-hybridized carbons (Fsp3) is 0.200. The van der Waals surface area contributed by atoms with Crippen LogP contribution in [0.3, 0.4) is 0 Å². The number of rotatable bonds is 7. The lowest BCUT2D eigenvalue weighted by Crippen LogP contribution is -2.57. The van der Waals surface area contributed by atoms with E-state index in [1.54, 1.807) is 21.6 Å². The highest BCUT2D eigenvalue weighted by atomic mass is 16.3. The van der Waals surface area contributed by atoms with Crippen molar-refractivity contribution >= 4 is 49.8 Å². The lowest BCUT2D eigenvalue weighted by Gasteiger charge is -2.43. The van der Waals surface area contributed by atoms with Crippen LogP contribution in [0.5, 0.6) is 0 Å². The Morgan fingerprint density at radius 2 is 1.72 bits per heavy atom. The van der Waals surface area contributed by atoms with Gasteiger partial charge in [-0.3, -0.25) is 4.79 Å². The van der Waals surface area contributed by atoms with Gasteiger partial charge in [-0.2, -0.15) is 9.78 Å². The first kappa shape index (κ1) is 27.4. The van der Waals surface area contributed by atoms with E-state index in [0.29, 0.717) is 43.1 Å². The van der Waals surface area contributed by atoms with E-state index >= 15 is 0 Å². The number of amides is 1. The number of aryl methyl sites for hydroxylation is 1. The number of aliphatic hydroxyl groups is 1. The fourth-order valence-electron chi connectivity index (χ4n) is 6.94. The summed E-state index contributed by atoms with van der Waals surface area (Å²) < 4.78 is 5.61. The van der Waals surface area contributed by atoms with Crippen molar-refractivity contribution < 1.29 is 9.90 Å². The molecule has 0 aliphatic heterocycles. The van der Waals surface area contributed by atoms with Gasteiger partial charge in [0.1, 0.15) is 5.69 Å². The molecule has 1 aliphatic carbocycles. The molecule has 1 saturated carbocycles. The van der Waals surface area contributed by atoms with Gasteiger partial charge >= 0.3 is 0 Å². The molecule has 0 atom stereocenters. The second kappa shape index (κ2) is 10.3. The molecule has 1 fully saturated rings. The van der Waals surface area contributed by atoms with Gasteiger partial charge in [-0.1, -0.05) is 53.7 Å². The molecule has 12 nitrogen and oxygen atoms in total. The Balaban J connectivity index is 0.862. The zero-order chi connectivity index (χ0) is 31.7. The van der Waals surface area contributed by atoms with Crippen molar-refractivity contribution in [3.8, 4) is 5.95 Å². The zero-order valence-electron chi connectivity index (χ0n) is 25.5. The fourth-order valence-corrected chi connectivity index (χ4v) is 6.94. The molecule has 5 aromatic heterocycles. The minimum absolute atomic E-state index is 0.164. The number of pyridine rings is 1. The Hall–Kier alpha value is -5.88. The monoisotopic (exact) mass is 622 g/mol. The topological polar surface area (TPSA) is 144 Å². The highest BCUT2D eigenvalue weighted by Gasteiger charge is 2.44. The molecule has 0 radical (unpaired) electrons. The Morgan fingerprint density at radius 1 is 1.00 bits per heavy atom. The molecule has 3 N–H and O–H groups in total. The molecule has 0 spiro atoms. The van der Waals surface area contributed by atoms with E-state index in [4.69, 9.17) is 0 Å². The van der Waals surface area contributed by atoms with Crippen molar-refractivity contribution in [3.05, 3.63) is 108 Å². The minimum Gasteiger partial charge on any atom is -0.388 e. The van der Waals surface area contributed by atoms with E-state index in [1.165, 1.54) is 10.8 Å². The first-order chi connectivity index (χ1) is 22.9. The van der Waals surface area contributed by atoms with Crippen LogP contribution in [0, 0.1) is 6.92 Å². The highest BCUT2D eigenvalue weighted by molar-refractivity contribution is 6.08. The summed E-state index contributed by atoms with van der Waals surface area (Å²) in [5.74, 6) is 0.325. The summed E-state index contributed by atoms with van der Waals surface area (Å²) in [4.78, 5) is 25.7. The standard InChI is InChI=1S/C35H30N10O2/c1-21-27-14-22(17-36-32(27)45(41-21)34-38-28-10-4-5-11-29(28)39-34)33(46)37-23-15-35(47,16-23)20-43-18-24(40-42-43)19-44-30-12-6-2-8-25(30)26-9-3-7-13-31(26)44/h2-14,17-18,23,47H,15-16,19-20H2,1H3,(H,37,46)(H,38,39). The molecule has 9 rings (SSSR count). The summed E-state index contributed by atoms with van der Waals surface area (Å²) >= 11 is 0. The van der Waals surface area contributed by atoms with Gasteiger partial charge in [0, 0.05) is 39.4 Å². The molecule has 232 valence electrons. The lowest BCUT2D eigenvalue weighted by molar-refractivity contribution is -0.0688. The summed E-state index contributed by atoms with van der Waals surface area (Å²) in [5, 5.41) is 30.8. The third kappa shape index (κ3) is 4.64. The Bertz CT molecular complexity index is 2390. The Kier molecular flexibility index (Phi) is 6.03. The predicted octanol–water partition coefficient (Wildman–Crippen LogP) is 4.68. The van der Waals surface area contributed by atoms with Crippen LogP contribution in [0.1, 0.15) is 34.6 Å². The summed E-state index contributed by atoms with van der Waals surface area (Å²) in [6.07, 6.45) is 4.28. The average molecular weight is 623 g/mol. The number of carbonyl (C=O) groups excluding carboxylic acids is 1. The van der Waals surface area contributed by atoms with Gasteiger partial charge in [0.05, 0.1) is 47.2 Å². The number of H-pyrrole nitrogens is 1. The quantitative estimate of drug-likeness (QED) is 0.234. The SMILES string of the molecule is Cc1nn(-c2nc3ccccc3[nH]2)c2ncc(C(=O)NC3CC(O)(Cn4cc(Cn5c6ccccc6c6ccccc65)nn4)C3)cc12. The zero-order valence-corrected chi connectivity index (χ0v) is 25.5. The first-order valence-electron chi connectivity index (χ1n) is 15.6. The highest BCUT2D eigenvalue weighted by Crippen LogP contribution is 2.34. The maximum atomic E-state index is 13.2. The second-order valence-corrected chi connectivity index (χ2v) is 12.5. The Morgan fingerprint density at radius 3 is 2.49 bits per heavy atom. The summed E-state index contributed by atoms with van der Waals surface area (Å²) in [5.41, 5.74) is 5.65. The second-order valence-electron chi connectivity index (χ2n) is 12.5. The van der Waals surface area contributed by atoms with Gasteiger partial charge in [-0.05, 0) is 50.1 Å². The lowest BCUT2D eigenvalue weighted by atomic mass is 9.75. The smallest absolute Gasteiger partial charge is 0.253 e. The molecule has 1 aliphatic rings. The molecule has 1 amide bonds. The number of fused-ring (bicyclic) bond motifs is 5. The van der Waals surface area contributed by atoms with Crippen molar-refractivity contribution in [3.63, 3.8) is 0 Å². The third-order valence-corrected chi connectivity index (χ3v) is 9.18. The normalized spacial score (nSPS) is 18.0. The molecule has 0 bridgehead atoms. The van der Waals surface area contributed by atoms with Crippen molar-refractivity contribution in [1.82, 2.24) is 49.6 Å². The molecule has 3 aromatic carbocycles. The van der Waals surface area contributed by atoms with Crippen LogP contribution in [-0.2, 0) is 13.1 Å². The number of benzene rings is 3. The number of aromatic amines is 1. The van der Waals surface area contributed by atoms with Crippen molar-refractivity contribution in [2.24, 2.45) is 0 Å². The molecule has 0 unspecified atom stereocenters. The molecule has 8 aromatic rings. The van der Waals surface area contributed by atoms with Gasteiger partial charge in [0.15, 0.2) is 5.65 Å². The average Bonchev–Trinajstić information content (AvgIpc) is 3.85. The van der Waals surface area contributed by atoms with Gasteiger partial charge in [-0.15, -0.1) is 5.10 Å². The summed E-state index contributed by atoms with van der Waals surface area (Å²) in [7, 11) is 0. The predicted molar refractivity (Wildman–Crippen MR) is 177 cm³/mol. The molecular formula is C35H30N10O2. The number of aromatic nitrogens is 9. The van der Waals surface area contributed by atoms with Crippen molar-refractivity contribution in [2.45, 2.75) is 44.5 Å². The van der Waals surface area contributed by atoms with E-state index in [2.05, 4.69) is 76.6 Å². The number of hydrogen-bond donors (Lipinski definition) is 3. The van der Waals surface area contributed by atoms with Crippen molar-refractivity contribution in [1.29, 1.82) is 0 Å². The number of carbonyl (C=O) groups is 1. The maximum absolute atomic E-state index is 13.2. The van der Waals surface area contributed by atoms with Crippen LogP contribution in [0.15, 0.2) is 91.3 Å². The molecule has 0 saturated heterocycles. The molecule has 47 heavy (non-hydrogen) atoms. The Labute approximate surface area is 267 Å². The van der Waals surface area contributed by atoms with Gasteiger partial charge in [0.2, 0.25) is 5.95 Å². The number of imidazole rings is 1. The molecule has 12 heteroatoms. The number of nitrogens with one attached hydrogen (secondary N) is 2. The number of para-hydroxylation sites is 4. The minimum atomic E-state index is -0.984. The van der Waals surface area contributed by atoms with Crippen LogP contribution in [0.4, 0.5) is 0 Å². The van der Waals surface area contributed by atoms with Crippen LogP contribution in [0.25, 0.3) is 49.8 Å². The number of hydrogen-bond acceptors (Lipinski definition) is 7. The first-order valence-corrected chi connectivity index (χ1v) is 15.6. The van der Waals surface area contributed by atoms with Crippen LogP contribution < -0.4 is 5.32 Å². The van der Waals surface area contributed by atoms with Gasteiger partial charge < -0.3 is 20.0 Å². The van der Waals surface area contributed by atoms with E-state index in [1.807, 2.05) is 49.5 Å². The van der Waals surface area contributed by atoms with Crippen molar-refractivity contribution in [2.75, 3.05) is 0 Å². The maximum Gasteiger partial charge on any atom is 0.253 e. The van der Waals surface area contributed by atoms with Crippen LogP contribution in [0.2, 0.25) is 0 Å². The van der Waals surface area contributed by atoms with E-state index in [9.17, 15) is 9.90 Å². The van der Waals surface area contributed by atoms with E-state index < -0.39 is 5.60 Å².